The molecule has 0 fully saturated rings. The SMILES string of the molecule is CCCCC/C=C\C/C=C\CCCCCCCC(=O)O[C@H](COC(=O)CCCCCCCCC/C=C\CCCCCC)COP(=O)(O)OCC[N+](C)(C)C. The number of likely N-dealkylation sites (N-methyl/N-ethyl adjacent to an activating group) is 1. The predicted octanol–water partition coefficient (Wildman–Crippen LogP) is 12.1. The number of phosphoric ester groups is 1. The first-order valence-corrected chi connectivity index (χ1v) is 23.2. The van der Waals surface area contributed by atoms with Gasteiger partial charge < -0.3 is 18.9 Å². The van der Waals surface area contributed by atoms with E-state index in [4.69, 9.17) is 18.5 Å². The molecule has 0 aromatic heterocycles. The molecule has 0 saturated heterocycles. The van der Waals surface area contributed by atoms with Crippen LogP contribution in [0.3, 0.4) is 0 Å². The summed E-state index contributed by atoms with van der Waals surface area (Å²) >= 11 is 0. The minimum absolute atomic E-state index is 0.0279. The highest BCUT2D eigenvalue weighted by Crippen LogP contribution is 2.43. The summed E-state index contributed by atoms with van der Waals surface area (Å²) in [6, 6.07) is 0. The lowest BCUT2D eigenvalue weighted by molar-refractivity contribution is -0.870. The van der Waals surface area contributed by atoms with Gasteiger partial charge in [-0.2, -0.15) is 0 Å². The quantitative estimate of drug-likeness (QED) is 0.0216. The van der Waals surface area contributed by atoms with Crippen molar-refractivity contribution < 1.29 is 42.1 Å². The van der Waals surface area contributed by atoms with Gasteiger partial charge in [0.1, 0.15) is 19.8 Å². The summed E-state index contributed by atoms with van der Waals surface area (Å²) in [4.78, 5) is 35.3. The van der Waals surface area contributed by atoms with Gasteiger partial charge in [-0.15, -0.1) is 0 Å². The molecule has 0 aliphatic heterocycles. The third-order valence-corrected chi connectivity index (χ3v) is 10.1. The van der Waals surface area contributed by atoms with Gasteiger partial charge in [0.15, 0.2) is 6.10 Å². The second-order valence-corrected chi connectivity index (χ2v) is 17.2. The first kappa shape index (κ1) is 52.2. The Labute approximate surface area is 331 Å². The lowest BCUT2D eigenvalue weighted by atomic mass is 10.1. The van der Waals surface area contributed by atoms with Gasteiger partial charge in [-0.1, -0.05) is 134 Å². The Balaban J connectivity index is 4.40. The summed E-state index contributed by atoms with van der Waals surface area (Å²) in [7, 11) is 1.46. The molecule has 316 valence electrons. The first-order chi connectivity index (χ1) is 26.0. The maximum absolute atomic E-state index is 12.7. The Hall–Kier alpha value is -1.77. The molecule has 0 aliphatic carbocycles. The molecule has 54 heavy (non-hydrogen) atoms. The number of unbranched alkanes of at least 4 members (excludes halogenated alkanes) is 19. The van der Waals surface area contributed by atoms with E-state index in [-0.39, 0.29) is 32.0 Å². The molecule has 1 N–H and O–H groups in total. The molecule has 9 nitrogen and oxygen atoms in total. The second kappa shape index (κ2) is 36.8. The topological polar surface area (TPSA) is 108 Å². The van der Waals surface area contributed by atoms with Gasteiger partial charge in [-0.05, 0) is 70.6 Å². The molecule has 0 amide bonds. The molecular weight excluding hydrogens is 701 g/mol. The number of hydrogen-bond acceptors (Lipinski definition) is 7. The van der Waals surface area contributed by atoms with Crippen LogP contribution in [0.4, 0.5) is 0 Å². The van der Waals surface area contributed by atoms with E-state index in [1.165, 1.54) is 77.0 Å². The number of phosphoric acid groups is 1. The summed E-state index contributed by atoms with van der Waals surface area (Å²) < 4.78 is 34.3. The lowest BCUT2D eigenvalue weighted by Gasteiger charge is -2.24. The molecule has 0 saturated carbocycles. The lowest BCUT2D eigenvalue weighted by Crippen LogP contribution is -2.37. The Morgan fingerprint density at radius 2 is 1.00 bits per heavy atom. The molecule has 0 spiro atoms. The van der Waals surface area contributed by atoms with Crippen LogP contribution in [0.5, 0.6) is 0 Å². The first-order valence-electron chi connectivity index (χ1n) is 21.7. The molecule has 0 aromatic carbocycles. The van der Waals surface area contributed by atoms with Crippen molar-refractivity contribution in [2.45, 2.75) is 187 Å². The van der Waals surface area contributed by atoms with Crippen LogP contribution in [-0.4, -0.2) is 74.9 Å². The average Bonchev–Trinajstić information content (AvgIpc) is 3.12. The van der Waals surface area contributed by atoms with Crippen LogP contribution < -0.4 is 0 Å². The minimum Gasteiger partial charge on any atom is -0.462 e. The van der Waals surface area contributed by atoms with E-state index >= 15 is 0 Å². The van der Waals surface area contributed by atoms with Gasteiger partial charge >= 0.3 is 19.8 Å². The number of carbonyl (C=O) groups is 2. The number of allylic oxidation sites excluding steroid dienone is 6. The fourth-order valence-electron chi connectivity index (χ4n) is 5.68. The van der Waals surface area contributed by atoms with E-state index < -0.39 is 26.5 Å². The fourth-order valence-corrected chi connectivity index (χ4v) is 6.43. The van der Waals surface area contributed by atoms with Crippen LogP contribution in [0, 0.1) is 0 Å². The highest BCUT2D eigenvalue weighted by atomic mass is 31.2. The number of rotatable bonds is 39. The normalized spacial score (nSPS) is 14.0. The van der Waals surface area contributed by atoms with Crippen molar-refractivity contribution in [2.24, 2.45) is 0 Å². The van der Waals surface area contributed by atoms with E-state index in [0.717, 1.165) is 70.6 Å². The molecule has 0 bridgehead atoms. The zero-order valence-corrected chi connectivity index (χ0v) is 36.3. The van der Waals surface area contributed by atoms with Crippen molar-refractivity contribution >= 4 is 19.8 Å². The predicted molar refractivity (Wildman–Crippen MR) is 224 cm³/mol. The van der Waals surface area contributed by atoms with Crippen molar-refractivity contribution in [1.29, 1.82) is 0 Å². The van der Waals surface area contributed by atoms with E-state index in [2.05, 4.69) is 50.3 Å². The van der Waals surface area contributed by atoms with Gasteiger partial charge in [-0.25, -0.2) is 4.57 Å². The van der Waals surface area contributed by atoms with E-state index in [0.29, 0.717) is 17.4 Å². The third kappa shape index (κ3) is 39.9. The second-order valence-electron chi connectivity index (χ2n) is 15.7. The highest BCUT2D eigenvalue weighted by Gasteiger charge is 2.27. The van der Waals surface area contributed by atoms with Gasteiger partial charge in [0.05, 0.1) is 27.7 Å². The van der Waals surface area contributed by atoms with Crippen LogP contribution in [0.25, 0.3) is 0 Å². The number of quaternary nitrogens is 1. The van der Waals surface area contributed by atoms with Gasteiger partial charge in [0, 0.05) is 12.8 Å². The summed E-state index contributed by atoms with van der Waals surface area (Å²) in [5, 5.41) is 0. The van der Waals surface area contributed by atoms with E-state index in [9.17, 15) is 19.0 Å². The molecule has 0 aromatic rings. The van der Waals surface area contributed by atoms with Crippen LogP contribution in [0.15, 0.2) is 36.5 Å². The largest absolute Gasteiger partial charge is 0.472 e. The van der Waals surface area contributed by atoms with E-state index in [1.807, 2.05) is 21.1 Å². The van der Waals surface area contributed by atoms with Crippen molar-refractivity contribution in [3.63, 3.8) is 0 Å². The summed E-state index contributed by atoms with van der Waals surface area (Å²) in [5.41, 5.74) is 0. The summed E-state index contributed by atoms with van der Waals surface area (Å²) in [6.45, 7) is 4.36. The zero-order chi connectivity index (χ0) is 40.0. The Morgan fingerprint density at radius 1 is 0.574 bits per heavy atom. The van der Waals surface area contributed by atoms with E-state index in [1.54, 1.807) is 0 Å². The number of hydrogen-bond donors (Lipinski definition) is 1. The Kier molecular flexibility index (Phi) is 35.6. The fraction of sp³-hybridized carbons (Fsp3) is 0.818. The Bertz CT molecular complexity index is 1020. The summed E-state index contributed by atoms with van der Waals surface area (Å²) in [5.74, 6) is -0.819. The van der Waals surface area contributed by atoms with Crippen LogP contribution in [0.1, 0.15) is 181 Å². The number of carbonyl (C=O) groups excluding carboxylic acids is 2. The standard InChI is InChI=1S/C44H82NO8P/c1-6-8-10-12-14-16-18-20-22-24-26-28-30-32-34-36-43(46)50-40-42(41-52-54(48,49)51-39-38-45(3,4)5)53-44(47)37-35-33-31-29-27-25-23-21-19-17-15-13-11-9-7-2/h15-18,21,23,42H,6-14,19-20,22,24-41H2,1-5H3/p+1/b17-15-,18-16-,23-21-/t42-/m1/s1. The number of esters is 2. The number of nitrogens with zero attached hydrogens (tertiary/aromatic N) is 1. The van der Waals surface area contributed by atoms with Gasteiger partial charge in [-0.3, -0.25) is 18.6 Å². The molecular formula is C44H83NO8P+. The maximum atomic E-state index is 12.7. The molecule has 0 aliphatic rings. The number of ether oxygens (including phenoxy) is 2. The Morgan fingerprint density at radius 3 is 1.52 bits per heavy atom. The van der Waals surface area contributed by atoms with Gasteiger partial charge in [0.25, 0.3) is 0 Å². The summed E-state index contributed by atoms with van der Waals surface area (Å²) in [6.07, 6.45) is 40.4. The van der Waals surface area contributed by atoms with Crippen molar-refractivity contribution in [1.82, 2.24) is 0 Å². The zero-order valence-electron chi connectivity index (χ0n) is 35.5. The monoisotopic (exact) mass is 785 g/mol. The van der Waals surface area contributed by atoms with Crippen molar-refractivity contribution in [3.05, 3.63) is 36.5 Å². The van der Waals surface area contributed by atoms with Gasteiger partial charge in [0.2, 0.25) is 0 Å². The molecule has 0 rings (SSSR count). The van der Waals surface area contributed by atoms with Crippen LogP contribution in [0.2, 0.25) is 0 Å². The smallest absolute Gasteiger partial charge is 0.462 e. The van der Waals surface area contributed by atoms with Crippen molar-refractivity contribution in [2.75, 3.05) is 47.5 Å². The molecule has 10 heteroatoms. The minimum atomic E-state index is -4.38. The van der Waals surface area contributed by atoms with Crippen LogP contribution >= 0.6 is 7.82 Å². The third-order valence-electron chi connectivity index (χ3n) is 9.14. The molecule has 1 unspecified atom stereocenters. The maximum Gasteiger partial charge on any atom is 0.472 e. The molecule has 0 heterocycles. The van der Waals surface area contributed by atoms with Crippen LogP contribution in [-0.2, 0) is 32.7 Å². The molecule has 2 atom stereocenters. The highest BCUT2D eigenvalue weighted by molar-refractivity contribution is 7.47. The van der Waals surface area contributed by atoms with Crippen molar-refractivity contribution in [3.8, 4) is 0 Å². The average molecular weight is 785 g/mol. The molecule has 0 radical (unpaired) electrons.